The summed E-state index contributed by atoms with van der Waals surface area (Å²) >= 11 is 0. The van der Waals surface area contributed by atoms with Crippen LogP contribution < -0.4 is 0 Å². The van der Waals surface area contributed by atoms with Gasteiger partial charge < -0.3 is 10.0 Å². The van der Waals surface area contributed by atoms with E-state index in [-0.39, 0.29) is 0 Å². The number of aliphatic hydroxyl groups is 1. The van der Waals surface area contributed by atoms with E-state index < -0.39 is 5.60 Å². The molecule has 2 saturated heterocycles. The summed E-state index contributed by atoms with van der Waals surface area (Å²) in [5.74, 6) is 0. The van der Waals surface area contributed by atoms with Crippen molar-refractivity contribution in [1.29, 1.82) is 0 Å². The largest absolute Gasteiger partial charge is 0.385 e. The summed E-state index contributed by atoms with van der Waals surface area (Å²) in [6.07, 6.45) is 6.57. The molecule has 2 bridgehead atoms. The highest BCUT2D eigenvalue weighted by Crippen LogP contribution is 2.47. The monoisotopic (exact) mass is 293 g/mol. The molecular formula is C20H23NO. The van der Waals surface area contributed by atoms with Crippen molar-refractivity contribution in [3.8, 4) is 0 Å². The second kappa shape index (κ2) is 4.33. The van der Waals surface area contributed by atoms with Gasteiger partial charge in [-0.05, 0) is 73.0 Å². The maximum atomic E-state index is 11.5. The zero-order chi connectivity index (χ0) is 14.9. The summed E-state index contributed by atoms with van der Waals surface area (Å²) in [6.45, 7) is 0. The summed E-state index contributed by atoms with van der Waals surface area (Å²) in [6, 6.07) is 12.2. The number of benzene rings is 2. The van der Waals surface area contributed by atoms with Crippen molar-refractivity contribution in [2.75, 3.05) is 7.05 Å². The van der Waals surface area contributed by atoms with Crippen LogP contribution in [-0.2, 0) is 18.4 Å². The third-order valence-corrected chi connectivity index (χ3v) is 6.51. The van der Waals surface area contributed by atoms with E-state index in [2.05, 4.69) is 42.3 Å². The Morgan fingerprint density at radius 1 is 1.00 bits per heavy atom. The lowest BCUT2D eigenvalue weighted by molar-refractivity contribution is -0.0482. The van der Waals surface area contributed by atoms with Gasteiger partial charge in [0.1, 0.15) is 0 Å². The fraction of sp³-hybridized carbons (Fsp3) is 0.500. The minimum absolute atomic E-state index is 0.548. The molecule has 1 aliphatic carbocycles. The van der Waals surface area contributed by atoms with Crippen LogP contribution in [0.4, 0.5) is 0 Å². The van der Waals surface area contributed by atoms with E-state index in [4.69, 9.17) is 0 Å². The first kappa shape index (κ1) is 13.1. The molecule has 22 heavy (non-hydrogen) atoms. The number of piperidine rings is 1. The Morgan fingerprint density at radius 2 is 1.68 bits per heavy atom. The number of rotatable bonds is 1. The fourth-order valence-corrected chi connectivity index (χ4v) is 5.32. The molecule has 0 amide bonds. The molecule has 2 heteroatoms. The Bertz CT molecular complexity index is 741. The van der Waals surface area contributed by atoms with Crippen molar-refractivity contribution in [1.82, 2.24) is 4.90 Å². The smallest absolute Gasteiger partial charge is 0.0932 e. The summed E-state index contributed by atoms with van der Waals surface area (Å²) in [5.41, 5.74) is 3.47. The van der Waals surface area contributed by atoms with Crippen LogP contribution in [0.3, 0.4) is 0 Å². The molecule has 2 atom stereocenters. The highest BCUT2D eigenvalue weighted by Gasteiger charge is 2.47. The quantitative estimate of drug-likeness (QED) is 0.871. The van der Waals surface area contributed by atoms with Gasteiger partial charge in [0.15, 0.2) is 0 Å². The van der Waals surface area contributed by atoms with Crippen LogP contribution in [0, 0.1) is 0 Å². The Morgan fingerprint density at radius 3 is 2.41 bits per heavy atom. The van der Waals surface area contributed by atoms with Gasteiger partial charge in [0.2, 0.25) is 0 Å². The third-order valence-electron chi connectivity index (χ3n) is 6.51. The first-order chi connectivity index (χ1) is 10.7. The number of hydrogen-bond donors (Lipinski definition) is 1. The van der Waals surface area contributed by atoms with E-state index in [0.29, 0.717) is 12.1 Å². The van der Waals surface area contributed by atoms with Gasteiger partial charge in [0.25, 0.3) is 0 Å². The van der Waals surface area contributed by atoms with E-state index in [1.165, 1.54) is 40.3 Å². The molecule has 2 aromatic carbocycles. The van der Waals surface area contributed by atoms with Crippen molar-refractivity contribution in [3.05, 3.63) is 47.0 Å². The number of nitrogens with zero attached hydrogens (tertiary/aromatic N) is 1. The molecule has 0 radical (unpaired) electrons. The molecule has 2 fully saturated rings. The van der Waals surface area contributed by atoms with Crippen LogP contribution in [0.2, 0.25) is 0 Å². The molecule has 0 spiro atoms. The molecule has 114 valence electrons. The van der Waals surface area contributed by atoms with Crippen molar-refractivity contribution >= 4 is 10.8 Å². The van der Waals surface area contributed by atoms with E-state index in [1.807, 2.05) is 0 Å². The second-order valence-electron chi connectivity index (χ2n) is 7.60. The van der Waals surface area contributed by atoms with Gasteiger partial charge in [-0.1, -0.05) is 30.3 Å². The average molecular weight is 293 g/mol. The second-order valence-corrected chi connectivity index (χ2v) is 7.60. The Hall–Kier alpha value is -1.38. The molecular weight excluding hydrogens is 270 g/mol. The van der Waals surface area contributed by atoms with Crippen LogP contribution in [0.15, 0.2) is 30.3 Å². The SMILES string of the molecule is CN1C2CCC1CC(O)(c1ccc3c4c(cccc14)CC3)C2. The first-order valence-electron chi connectivity index (χ1n) is 8.64. The first-order valence-corrected chi connectivity index (χ1v) is 8.64. The molecule has 3 aliphatic rings. The summed E-state index contributed by atoms with van der Waals surface area (Å²) < 4.78 is 0. The predicted octanol–water partition coefficient (Wildman–Crippen LogP) is 3.38. The van der Waals surface area contributed by atoms with Crippen LogP contribution >= 0.6 is 0 Å². The van der Waals surface area contributed by atoms with E-state index in [0.717, 1.165) is 25.7 Å². The molecule has 1 N–H and O–H groups in total. The number of fused-ring (bicyclic) bond motifs is 2. The summed E-state index contributed by atoms with van der Waals surface area (Å²) in [4.78, 5) is 2.49. The normalized spacial score (nSPS) is 33.7. The lowest BCUT2D eigenvalue weighted by atomic mass is 9.78. The van der Waals surface area contributed by atoms with Crippen LogP contribution in [-0.4, -0.2) is 29.1 Å². The van der Waals surface area contributed by atoms with Crippen molar-refractivity contribution < 1.29 is 5.11 Å². The zero-order valence-electron chi connectivity index (χ0n) is 13.2. The predicted molar refractivity (Wildman–Crippen MR) is 89.1 cm³/mol. The fourth-order valence-electron chi connectivity index (χ4n) is 5.32. The highest BCUT2D eigenvalue weighted by molar-refractivity contribution is 5.93. The van der Waals surface area contributed by atoms with Gasteiger partial charge in [-0.3, -0.25) is 0 Å². The van der Waals surface area contributed by atoms with Gasteiger partial charge in [-0.15, -0.1) is 0 Å². The molecule has 2 nitrogen and oxygen atoms in total. The third kappa shape index (κ3) is 1.63. The lowest BCUT2D eigenvalue weighted by Gasteiger charge is -2.43. The minimum atomic E-state index is -0.641. The van der Waals surface area contributed by atoms with Gasteiger partial charge >= 0.3 is 0 Å². The molecule has 2 aromatic rings. The Kier molecular flexibility index (Phi) is 2.58. The molecule has 2 aliphatic heterocycles. The molecule has 0 saturated carbocycles. The zero-order valence-corrected chi connectivity index (χ0v) is 13.2. The van der Waals surface area contributed by atoms with Gasteiger partial charge in [0.05, 0.1) is 5.60 Å². The number of aryl methyl sites for hydroxylation is 2. The number of hydrogen-bond acceptors (Lipinski definition) is 2. The summed E-state index contributed by atoms with van der Waals surface area (Å²) in [5, 5.41) is 14.2. The molecule has 5 rings (SSSR count). The van der Waals surface area contributed by atoms with Gasteiger partial charge in [-0.2, -0.15) is 0 Å². The maximum Gasteiger partial charge on any atom is 0.0932 e. The summed E-state index contributed by atoms with van der Waals surface area (Å²) in [7, 11) is 2.23. The van der Waals surface area contributed by atoms with Crippen LogP contribution in [0.1, 0.15) is 42.4 Å². The van der Waals surface area contributed by atoms with E-state index in [1.54, 1.807) is 0 Å². The highest BCUT2D eigenvalue weighted by atomic mass is 16.3. The Labute approximate surface area is 131 Å². The molecule has 2 unspecified atom stereocenters. The van der Waals surface area contributed by atoms with Gasteiger partial charge in [0, 0.05) is 12.1 Å². The topological polar surface area (TPSA) is 23.5 Å². The van der Waals surface area contributed by atoms with Crippen LogP contribution in [0.5, 0.6) is 0 Å². The maximum absolute atomic E-state index is 11.5. The average Bonchev–Trinajstić information content (AvgIpc) is 3.01. The van der Waals surface area contributed by atoms with E-state index >= 15 is 0 Å². The molecule has 2 heterocycles. The standard InChI is InChI=1S/C20H23NO/c1-21-15-8-9-16(21)12-20(22,11-15)18-10-7-14-6-5-13-3-2-4-17(18)19(13)14/h2-4,7,10,15-16,22H,5-6,8-9,11-12H2,1H3. The van der Waals surface area contributed by atoms with Gasteiger partial charge in [-0.25, -0.2) is 0 Å². The Balaban J connectivity index is 1.69. The van der Waals surface area contributed by atoms with Crippen molar-refractivity contribution in [3.63, 3.8) is 0 Å². The van der Waals surface area contributed by atoms with Crippen LogP contribution in [0.25, 0.3) is 10.8 Å². The molecule has 0 aromatic heterocycles. The van der Waals surface area contributed by atoms with Crippen molar-refractivity contribution in [2.24, 2.45) is 0 Å². The van der Waals surface area contributed by atoms with Crippen molar-refractivity contribution in [2.45, 2.75) is 56.2 Å². The minimum Gasteiger partial charge on any atom is -0.385 e. The lowest BCUT2D eigenvalue weighted by Crippen LogP contribution is -2.47. The van der Waals surface area contributed by atoms with E-state index in [9.17, 15) is 5.11 Å².